The summed E-state index contributed by atoms with van der Waals surface area (Å²) in [6, 6.07) is 7.82. The van der Waals surface area contributed by atoms with E-state index in [1.54, 1.807) is 11.3 Å². The van der Waals surface area contributed by atoms with Crippen molar-refractivity contribution in [1.29, 1.82) is 0 Å². The zero-order valence-electron chi connectivity index (χ0n) is 9.81. The number of fused-ring (bicyclic) bond motifs is 1. The van der Waals surface area contributed by atoms with Crippen LogP contribution in [0.3, 0.4) is 0 Å². The molecule has 92 valence electrons. The Morgan fingerprint density at radius 2 is 2.28 bits per heavy atom. The second kappa shape index (κ2) is 4.70. The minimum Gasteiger partial charge on any atom is -0.399 e. The number of nitrogen functional groups attached to an aromatic ring is 1. The van der Waals surface area contributed by atoms with Gasteiger partial charge in [0.15, 0.2) is 0 Å². The number of thiophene rings is 1. The van der Waals surface area contributed by atoms with Crippen molar-refractivity contribution in [3.8, 4) is 0 Å². The van der Waals surface area contributed by atoms with Crippen LogP contribution in [0.2, 0.25) is 0 Å². The Kier molecular flexibility index (Phi) is 2.90. The largest absolute Gasteiger partial charge is 0.399 e. The van der Waals surface area contributed by atoms with Gasteiger partial charge in [-0.3, -0.25) is 0 Å². The van der Waals surface area contributed by atoms with Crippen LogP contribution in [0.15, 0.2) is 35.0 Å². The van der Waals surface area contributed by atoms with E-state index in [-0.39, 0.29) is 0 Å². The van der Waals surface area contributed by atoms with Gasteiger partial charge in [0.2, 0.25) is 5.95 Å². The van der Waals surface area contributed by atoms with Crippen molar-refractivity contribution in [3.05, 3.63) is 40.6 Å². The molecule has 0 atom stereocenters. The van der Waals surface area contributed by atoms with Crippen molar-refractivity contribution in [2.75, 3.05) is 17.6 Å². The lowest BCUT2D eigenvalue weighted by Crippen LogP contribution is -2.05. The number of aromatic nitrogens is 2. The van der Waals surface area contributed by atoms with Gasteiger partial charge in [-0.25, -0.2) is 4.98 Å². The molecule has 1 aromatic carbocycles. The molecule has 0 unspecified atom stereocenters. The van der Waals surface area contributed by atoms with Gasteiger partial charge >= 0.3 is 0 Å². The van der Waals surface area contributed by atoms with Crippen molar-refractivity contribution in [2.45, 2.75) is 6.42 Å². The Morgan fingerprint density at radius 1 is 1.33 bits per heavy atom. The van der Waals surface area contributed by atoms with Crippen molar-refractivity contribution >= 4 is 34.0 Å². The number of hydrogen-bond donors (Lipinski definition) is 3. The molecule has 3 aromatic rings. The topological polar surface area (TPSA) is 66.7 Å². The first-order valence-corrected chi connectivity index (χ1v) is 6.76. The van der Waals surface area contributed by atoms with Crippen molar-refractivity contribution in [2.24, 2.45) is 0 Å². The Morgan fingerprint density at radius 3 is 3.11 bits per heavy atom. The maximum atomic E-state index is 5.73. The summed E-state index contributed by atoms with van der Waals surface area (Å²) in [7, 11) is 0. The van der Waals surface area contributed by atoms with E-state index in [0.29, 0.717) is 0 Å². The molecule has 18 heavy (non-hydrogen) atoms. The number of imidazole rings is 1. The third kappa shape index (κ3) is 2.31. The molecule has 2 aromatic heterocycles. The molecule has 0 aliphatic carbocycles. The Hall–Kier alpha value is -2.01. The molecule has 0 saturated carbocycles. The Labute approximate surface area is 109 Å². The lowest BCUT2D eigenvalue weighted by molar-refractivity contribution is 1.01. The van der Waals surface area contributed by atoms with Crippen LogP contribution in [0.25, 0.3) is 11.0 Å². The molecule has 0 radical (unpaired) electrons. The monoisotopic (exact) mass is 258 g/mol. The third-order valence-corrected chi connectivity index (χ3v) is 3.52. The molecule has 0 aliphatic rings. The van der Waals surface area contributed by atoms with E-state index >= 15 is 0 Å². The van der Waals surface area contributed by atoms with E-state index in [2.05, 4.69) is 32.1 Å². The van der Waals surface area contributed by atoms with Crippen LogP contribution in [0.4, 0.5) is 11.6 Å². The predicted octanol–water partition coefficient (Wildman–Crippen LogP) is 2.86. The van der Waals surface area contributed by atoms with Crippen LogP contribution in [-0.2, 0) is 6.42 Å². The SMILES string of the molecule is Nc1ccc2nc(NCCc3ccsc3)[nH]c2c1. The zero-order valence-corrected chi connectivity index (χ0v) is 10.6. The van der Waals surface area contributed by atoms with Gasteiger partial charge in [0.05, 0.1) is 11.0 Å². The minimum atomic E-state index is 0.746. The van der Waals surface area contributed by atoms with Gasteiger partial charge in [0.25, 0.3) is 0 Å². The number of nitrogens with one attached hydrogen (secondary N) is 2. The Bertz CT molecular complexity index is 642. The second-order valence-electron chi connectivity index (χ2n) is 4.17. The average Bonchev–Trinajstić information content (AvgIpc) is 2.97. The van der Waals surface area contributed by atoms with Gasteiger partial charge in [0, 0.05) is 12.2 Å². The molecule has 0 amide bonds. The molecule has 3 rings (SSSR count). The summed E-state index contributed by atoms with van der Waals surface area (Å²) >= 11 is 1.73. The third-order valence-electron chi connectivity index (χ3n) is 2.79. The second-order valence-corrected chi connectivity index (χ2v) is 4.95. The average molecular weight is 258 g/mol. The maximum absolute atomic E-state index is 5.73. The quantitative estimate of drug-likeness (QED) is 0.630. The minimum absolute atomic E-state index is 0.746. The van der Waals surface area contributed by atoms with Crippen LogP contribution in [0.1, 0.15) is 5.56 Å². The van der Waals surface area contributed by atoms with Crippen molar-refractivity contribution in [3.63, 3.8) is 0 Å². The molecular formula is C13H14N4S. The number of anilines is 2. The van der Waals surface area contributed by atoms with Crippen LogP contribution in [0.5, 0.6) is 0 Å². The molecule has 4 N–H and O–H groups in total. The summed E-state index contributed by atoms with van der Waals surface area (Å²) in [6.45, 7) is 0.867. The summed E-state index contributed by atoms with van der Waals surface area (Å²) in [5, 5.41) is 7.55. The maximum Gasteiger partial charge on any atom is 0.201 e. The molecule has 5 heteroatoms. The first kappa shape index (κ1) is 11.1. The van der Waals surface area contributed by atoms with Gasteiger partial charge in [-0.15, -0.1) is 0 Å². The molecule has 0 aliphatic heterocycles. The van der Waals surface area contributed by atoms with Crippen LogP contribution in [0, 0.1) is 0 Å². The van der Waals surface area contributed by atoms with E-state index in [4.69, 9.17) is 5.73 Å². The van der Waals surface area contributed by atoms with Crippen LogP contribution in [-0.4, -0.2) is 16.5 Å². The number of rotatable bonds is 4. The molecule has 0 bridgehead atoms. The van der Waals surface area contributed by atoms with Crippen LogP contribution >= 0.6 is 11.3 Å². The molecule has 0 saturated heterocycles. The fourth-order valence-electron chi connectivity index (χ4n) is 1.87. The summed E-state index contributed by atoms with van der Waals surface area (Å²) in [5.41, 5.74) is 9.73. The van der Waals surface area contributed by atoms with Crippen LogP contribution < -0.4 is 11.1 Å². The van der Waals surface area contributed by atoms with E-state index in [1.807, 2.05) is 18.2 Å². The molecule has 0 spiro atoms. The number of nitrogens with zero attached hydrogens (tertiary/aromatic N) is 1. The fourth-order valence-corrected chi connectivity index (χ4v) is 2.57. The van der Waals surface area contributed by atoms with Crippen molar-refractivity contribution < 1.29 is 0 Å². The van der Waals surface area contributed by atoms with Gasteiger partial charge in [-0.2, -0.15) is 11.3 Å². The lowest BCUT2D eigenvalue weighted by atomic mass is 10.2. The van der Waals surface area contributed by atoms with Gasteiger partial charge in [0.1, 0.15) is 0 Å². The van der Waals surface area contributed by atoms with Gasteiger partial charge in [-0.1, -0.05) is 0 Å². The highest BCUT2D eigenvalue weighted by Gasteiger charge is 2.02. The number of benzene rings is 1. The van der Waals surface area contributed by atoms with E-state index in [9.17, 15) is 0 Å². The highest BCUT2D eigenvalue weighted by molar-refractivity contribution is 7.07. The number of hydrogen-bond acceptors (Lipinski definition) is 4. The lowest BCUT2D eigenvalue weighted by Gasteiger charge is -2.00. The van der Waals surface area contributed by atoms with E-state index in [1.165, 1.54) is 5.56 Å². The summed E-state index contributed by atoms with van der Waals surface area (Å²) in [5.74, 6) is 0.797. The van der Waals surface area contributed by atoms with E-state index in [0.717, 1.165) is 35.6 Å². The smallest absolute Gasteiger partial charge is 0.201 e. The highest BCUT2D eigenvalue weighted by atomic mass is 32.1. The first-order chi connectivity index (χ1) is 8.81. The Balaban J connectivity index is 1.67. The molecule has 0 fully saturated rings. The fraction of sp³-hybridized carbons (Fsp3) is 0.154. The number of H-pyrrole nitrogens is 1. The highest BCUT2D eigenvalue weighted by Crippen LogP contribution is 2.17. The molecule has 2 heterocycles. The number of aromatic amines is 1. The summed E-state index contributed by atoms with van der Waals surface area (Å²) in [4.78, 5) is 7.67. The zero-order chi connectivity index (χ0) is 12.4. The van der Waals surface area contributed by atoms with E-state index < -0.39 is 0 Å². The normalized spacial score (nSPS) is 10.9. The standard InChI is InChI=1S/C13H14N4S/c14-10-1-2-11-12(7-10)17-13(16-11)15-5-3-9-4-6-18-8-9/h1-2,4,6-8H,3,5,14H2,(H2,15,16,17). The molecule has 4 nitrogen and oxygen atoms in total. The summed E-state index contributed by atoms with van der Waals surface area (Å²) in [6.07, 6.45) is 1.00. The predicted molar refractivity (Wildman–Crippen MR) is 77.0 cm³/mol. The van der Waals surface area contributed by atoms with Gasteiger partial charge < -0.3 is 16.0 Å². The number of nitrogens with two attached hydrogens (primary N) is 1. The first-order valence-electron chi connectivity index (χ1n) is 5.81. The summed E-state index contributed by atoms with van der Waals surface area (Å²) < 4.78 is 0. The van der Waals surface area contributed by atoms with Crippen molar-refractivity contribution in [1.82, 2.24) is 9.97 Å². The molecular weight excluding hydrogens is 244 g/mol. The van der Waals surface area contributed by atoms with Gasteiger partial charge in [-0.05, 0) is 47.0 Å².